The van der Waals surface area contributed by atoms with Crippen molar-refractivity contribution in [2.75, 3.05) is 6.61 Å². The molecule has 0 radical (unpaired) electrons. The van der Waals surface area contributed by atoms with Crippen molar-refractivity contribution < 1.29 is 34.4 Å². The number of esters is 1. The first-order valence-electron chi connectivity index (χ1n) is 10.0. The number of hydrogen-bond donors (Lipinski definition) is 3. The van der Waals surface area contributed by atoms with Crippen LogP contribution in [0.5, 0.6) is 0 Å². The standard InChI is InChI=1S/C22H28O7/c1-10-6-14-20(27,18(10)26)8-13(9-23)16(25)15-17-19(4,5)21(17,29-12(3)24)7-11(2)22(14,15)28/h6,8,11,14-15,17,23,27-28H,7,9H2,1-5H3. The quantitative estimate of drug-likeness (QED) is 0.580. The van der Waals surface area contributed by atoms with Crippen LogP contribution < -0.4 is 0 Å². The molecule has 0 aromatic rings. The number of aliphatic hydroxyl groups is 3. The van der Waals surface area contributed by atoms with E-state index in [-0.39, 0.29) is 5.57 Å². The molecule has 4 aliphatic rings. The van der Waals surface area contributed by atoms with Crippen molar-refractivity contribution in [1.29, 1.82) is 0 Å². The number of rotatable bonds is 2. The Hall–Kier alpha value is -1.83. The van der Waals surface area contributed by atoms with Crippen LogP contribution in [0.15, 0.2) is 23.3 Å². The van der Waals surface area contributed by atoms with E-state index in [1.807, 2.05) is 13.8 Å². The van der Waals surface area contributed by atoms with E-state index < -0.39 is 70.0 Å². The maximum Gasteiger partial charge on any atom is 0.303 e. The molecule has 3 N–H and O–H groups in total. The van der Waals surface area contributed by atoms with Crippen LogP contribution in [0.25, 0.3) is 0 Å². The van der Waals surface area contributed by atoms with Crippen LogP contribution in [0.1, 0.15) is 41.0 Å². The maximum absolute atomic E-state index is 13.5. The Labute approximate surface area is 169 Å². The summed E-state index contributed by atoms with van der Waals surface area (Å²) in [5.41, 5.74) is -5.09. The number of Topliss-reactive ketones (excluding diaryl/α,β-unsaturated/α-hetero) is 2. The fourth-order valence-corrected chi connectivity index (χ4v) is 6.69. The maximum atomic E-state index is 13.5. The molecule has 4 rings (SSSR count). The van der Waals surface area contributed by atoms with Gasteiger partial charge in [-0.1, -0.05) is 26.8 Å². The second-order valence-electron chi connectivity index (χ2n) is 9.83. The highest BCUT2D eigenvalue weighted by Gasteiger charge is 2.84. The first-order valence-corrected chi connectivity index (χ1v) is 10.0. The van der Waals surface area contributed by atoms with Crippen molar-refractivity contribution in [3.63, 3.8) is 0 Å². The summed E-state index contributed by atoms with van der Waals surface area (Å²) in [5, 5.41) is 33.2. The lowest BCUT2D eigenvalue weighted by Crippen LogP contribution is -2.62. The summed E-state index contributed by atoms with van der Waals surface area (Å²) in [6.45, 7) is 7.78. The lowest BCUT2D eigenvalue weighted by molar-refractivity contribution is -0.189. The largest absolute Gasteiger partial charge is 0.458 e. The Morgan fingerprint density at radius 2 is 1.90 bits per heavy atom. The summed E-state index contributed by atoms with van der Waals surface area (Å²) in [6.07, 6.45) is 2.98. The van der Waals surface area contributed by atoms with Gasteiger partial charge in [-0.2, -0.15) is 0 Å². The second kappa shape index (κ2) is 5.65. The van der Waals surface area contributed by atoms with Gasteiger partial charge in [-0.25, -0.2) is 0 Å². The van der Waals surface area contributed by atoms with E-state index in [1.54, 1.807) is 19.9 Å². The van der Waals surface area contributed by atoms with Crippen molar-refractivity contribution in [3.8, 4) is 0 Å². The van der Waals surface area contributed by atoms with E-state index in [4.69, 9.17) is 4.74 Å². The Bertz CT molecular complexity index is 899. The molecule has 0 aromatic heterocycles. The number of ether oxygens (including phenoxy) is 1. The molecule has 158 valence electrons. The summed E-state index contributed by atoms with van der Waals surface area (Å²) in [6, 6.07) is 0. The summed E-state index contributed by atoms with van der Waals surface area (Å²) in [4.78, 5) is 38.2. The molecule has 2 saturated carbocycles. The van der Waals surface area contributed by atoms with Crippen LogP contribution in [0.3, 0.4) is 0 Å². The SMILES string of the molecule is CC(=O)OC12CC(C)C3(O)C(C(=O)C(CO)=CC4(O)C(=O)C(C)=CC43)C1C2(C)C. The third-order valence-corrected chi connectivity index (χ3v) is 8.12. The van der Waals surface area contributed by atoms with Crippen LogP contribution in [0, 0.1) is 29.1 Å². The minimum absolute atomic E-state index is 0.0941. The Morgan fingerprint density at radius 1 is 1.28 bits per heavy atom. The fraction of sp³-hybridized carbons (Fsp3) is 0.682. The topological polar surface area (TPSA) is 121 Å². The first kappa shape index (κ1) is 20.4. The van der Waals surface area contributed by atoms with Crippen molar-refractivity contribution in [2.24, 2.45) is 29.1 Å². The Kier molecular flexibility index (Phi) is 3.98. The highest BCUT2D eigenvalue weighted by atomic mass is 16.6. The van der Waals surface area contributed by atoms with Gasteiger partial charge in [0.1, 0.15) is 5.60 Å². The third kappa shape index (κ3) is 2.16. The Balaban J connectivity index is 1.95. The van der Waals surface area contributed by atoms with Gasteiger partial charge in [-0.15, -0.1) is 0 Å². The van der Waals surface area contributed by atoms with Crippen LogP contribution in [-0.4, -0.2) is 56.3 Å². The average Bonchev–Trinajstić information content (AvgIpc) is 2.99. The minimum Gasteiger partial charge on any atom is -0.458 e. The molecule has 7 nitrogen and oxygen atoms in total. The van der Waals surface area contributed by atoms with Gasteiger partial charge < -0.3 is 20.1 Å². The van der Waals surface area contributed by atoms with Gasteiger partial charge in [0, 0.05) is 29.7 Å². The monoisotopic (exact) mass is 404 g/mol. The predicted octanol–water partition coefficient (Wildman–Crippen LogP) is 0.709. The molecule has 7 unspecified atom stereocenters. The zero-order chi connectivity index (χ0) is 21.7. The lowest BCUT2D eigenvalue weighted by Gasteiger charge is -2.50. The van der Waals surface area contributed by atoms with E-state index in [9.17, 15) is 29.7 Å². The molecule has 7 atom stereocenters. The molecule has 0 saturated heterocycles. The van der Waals surface area contributed by atoms with E-state index in [0.29, 0.717) is 12.0 Å². The van der Waals surface area contributed by atoms with Gasteiger partial charge in [0.15, 0.2) is 17.2 Å². The van der Waals surface area contributed by atoms with Crippen LogP contribution in [0.2, 0.25) is 0 Å². The highest BCUT2D eigenvalue weighted by Crippen LogP contribution is 2.76. The molecule has 0 aliphatic heterocycles. The zero-order valence-corrected chi connectivity index (χ0v) is 17.4. The van der Waals surface area contributed by atoms with E-state index in [1.165, 1.54) is 6.92 Å². The summed E-state index contributed by atoms with van der Waals surface area (Å²) in [7, 11) is 0. The normalized spacial score (nSPS) is 47.3. The van der Waals surface area contributed by atoms with E-state index in [0.717, 1.165) is 6.08 Å². The molecule has 29 heavy (non-hydrogen) atoms. The number of ketones is 2. The smallest absolute Gasteiger partial charge is 0.303 e. The molecule has 0 bridgehead atoms. The molecule has 4 aliphatic carbocycles. The van der Waals surface area contributed by atoms with Gasteiger partial charge in [0.25, 0.3) is 0 Å². The molecule has 0 spiro atoms. The van der Waals surface area contributed by atoms with Gasteiger partial charge in [-0.3, -0.25) is 14.4 Å². The van der Waals surface area contributed by atoms with Gasteiger partial charge in [-0.05, 0) is 30.9 Å². The number of carbonyl (C=O) groups excluding carboxylic acids is 3. The predicted molar refractivity (Wildman–Crippen MR) is 101 cm³/mol. The van der Waals surface area contributed by atoms with Crippen LogP contribution in [0.4, 0.5) is 0 Å². The van der Waals surface area contributed by atoms with Crippen molar-refractivity contribution in [3.05, 3.63) is 23.3 Å². The Morgan fingerprint density at radius 3 is 2.45 bits per heavy atom. The third-order valence-electron chi connectivity index (χ3n) is 8.12. The van der Waals surface area contributed by atoms with Crippen molar-refractivity contribution in [2.45, 2.75) is 57.8 Å². The zero-order valence-electron chi connectivity index (χ0n) is 17.4. The van der Waals surface area contributed by atoms with Gasteiger partial charge >= 0.3 is 5.97 Å². The second-order valence-corrected chi connectivity index (χ2v) is 9.83. The molecule has 2 fully saturated rings. The first-order chi connectivity index (χ1) is 13.3. The highest BCUT2D eigenvalue weighted by molar-refractivity contribution is 6.09. The van der Waals surface area contributed by atoms with E-state index >= 15 is 0 Å². The van der Waals surface area contributed by atoms with Gasteiger partial charge in [0.05, 0.1) is 18.1 Å². The number of aliphatic hydroxyl groups excluding tert-OH is 1. The average molecular weight is 404 g/mol. The number of fused-ring (bicyclic) bond motifs is 5. The lowest BCUT2D eigenvalue weighted by atomic mass is 9.59. The summed E-state index contributed by atoms with van der Waals surface area (Å²) >= 11 is 0. The fourth-order valence-electron chi connectivity index (χ4n) is 6.69. The molecule has 0 aromatic carbocycles. The number of hydrogen-bond acceptors (Lipinski definition) is 7. The van der Waals surface area contributed by atoms with Crippen LogP contribution >= 0.6 is 0 Å². The van der Waals surface area contributed by atoms with E-state index in [2.05, 4.69) is 0 Å². The van der Waals surface area contributed by atoms with Gasteiger partial charge in [0.2, 0.25) is 0 Å². The van der Waals surface area contributed by atoms with Crippen LogP contribution in [-0.2, 0) is 19.1 Å². The number of carbonyl (C=O) groups is 3. The molecular formula is C22H28O7. The summed E-state index contributed by atoms with van der Waals surface area (Å²) in [5.74, 6) is -4.62. The molecule has 0 heterocycles. The minimum atomic E-state index is -2.09. The molecular weight excluding hydrogens is 376 g/mol. The van der Waals surface area contributed by atoms with Crippen molar-refractivity contribution in [1.82, 2.24) is 0 Å². The molecule has 7 heteroatoms. The summed E-state index contributed by atoms with van der Waals surface area (Å²) < 4.78 is 5.74. The van der Waals surface area contributed by atoms with Crippen molar-refractivity contribution >= 4 is 17.5 Å². The molecule has 0 amide bonds.